The van der Waals surface area contributed by atoms with E-state index in [4.69, 9.17) is 26.8 Å². The van der Waals surface area contributed by atoms with Crippen LogP contribution in [0.5, 0.6) is 11.5 Å². The molecular formula is C15H17ClN2O2. The maximum absolute atomic E-state index is 6.03. The van der Waals surface area contributed by atoms with E-state index in [1.165, 1.54) is 0 Å². The molecule has 0 spiro atoms. The van der Waals surface area contributed by atoms with E-state index in [9.17, 15) is 0 Å². The molecule has 1 heterocycles. The fourth-order valence-corrected chi connectivity index (χ4v) is 2.06. The molecule has 2 atom stereocenters. The highest BCUT2D eigenvalue weighted by atomic mass is 35.5. The van der Waals surface area contributed by atoms with Gasteiger partial charge in [0.2, 0.25) is 0 Å². The lowest BCUT2D eigenvalue weighted by Gasteiger charge is -2.23. The Balaban J connectivity index is 2.27. The molecule has 4 nitrogen and oxygen atoms in total. The molecule has 2 N–H and O–H groups in total. The summed E-state index contributed by atoms with van der Waals surface area (Å²) in [5, 5.41) is 0.525. The Hall–Kier alpha value is -1.78. The number of hydrogen-bond acceptors (Lipinski definition) is 4. The predicted octanol–water partition coefficient (Wildman–Crippen LogP) is 3.21. The van der Waals surface area contributed by atoms with Gasteiger partial charge in [-0.3, -0.25) is 4.98 Å². The molecule has 2 rings (SSSR count). The van der Waals surface area contributed by atoms with Crippen molar-refractivity contribution < 1.29 is 9.47 Å². The molecule has 2 unspecified atom stereocenters. The average Bonchev–Trinajstić information content (AvgIpc) is 2.44. The lowest BCUT2D eigenvalue weighted by molar-refractivity contribution is 0.179. The van der Waals surface area contributed by atoms with Gasteiger partial charge in [0.15, 0.2) is 0 Å². The highest BCUT2D eigenvalue weighted by Crippen LogP contribution is 2.27. The quantitative estimate of drug-likeness (QED) is 0.919. The van der Waals surface area contributed by atoms with E-state index in [1.807, 2.05) is 31.2 Å². The van der Waals surface area contributed by atoms with Crippen LogP contribution in [0.25, 0.3) is 0 Å². The molecule has 0 radical (unpaired) electrons. The summed E-state index contributed by atoms with van der Waals surface area (Å²) in [6, 6.07) is 9.16. The summed E-state index contributed by atoms with van der Waals surface area (Å²) < 4.78 is 11.1. The van der Waals surface area contributed by atoms with Gasteiger partial charge in [-0.1, -0.05) is 23.7 Å². The molecule has 0 bridgehead atoms. The molecule has 5 heteroatoms. The second-order valence-corrected chi connectivity index (χ2v) is 4.95. The van der Waals surface area contributed by atoms with Gasteiger partial charge in [0.25, 0.3) is 0 Å². The van der Waals surface area contributed by atoms with Gasteiger partial charge in [-0.15, -0.1) is 0 Å². The number of halogens is 1. The monoisotopic (exact) mass is 292 g/mol. The van der Waals surface area contributed by atoms with Crippen LogP contribution in [0.1, 0.15) is 18.6 Å². The van der Waals surface area contributed by atoms with Crippen LogP contribution in [-0.2, 0) is 0 Å². The van der Waals surface area contributed by atoms with Crippen molar-refractivity contribution in [3.05, 3.63) is 53.3 Å². The molecule has 0 amide bonds. The van der Waals surface area contributed by atoms with E-state index < -0.39 is 0 Å². The smallest absolute Gasteiger partial charge is 0.140 e. The zero-order valence-corrected chi connectivity index (χ0v) is 12.2. The van der Waals surface area contributed by atoms with E-state index in [2.05, 4.69) is 4.98 Å². The first kappa shape index (κ1) is 14.6. The van der Waals surface area contributed by atoms with Gasteiger partial charge in [0.1, 0.15) is 17.6 Å². The number of ether oxygens (including phenoxy) is 2. The van der Waals surface area contributed by atoms with Crippen molar-refractivity contribution in [2.75, 3.05) is 7.11 Å². The molecule has 0 fully saturated rings. The van der Waals surface area contributed by atoms with Crippen LogP contribution >= 0.6 is 11.6 Å². The molecule has 0 saturated heterocycles. The van der Waals surface area contributed by atoms with Crippen molar-refractivity contribution in [1.29, 1.82) is 0 Å². The lowest BCUT2D eigenvalue weighted by Crippen LogP contribution is -2.29. The molecule has 2 aromatic rings. The number of methoxy groups -OCH3 is 1. The number of hydrogen-bond donors (Lipinski definition) is 1. The first-order valence-electron chi connectivity index (χ1n) is 6.27. The summed E-state index contributed by atoms with van der Waals surface area (Å²) >= 11 is 5.91. The van der Waals surface area contributed by atoms with Gasteiger partial charge in [-0.05, 0) is 24.6 Å². The minimum atomic E-state index is -0.301. The van der Waals surface area contributed by atoms with Crippen LogP contribution in [0.2, 0.25) is 5.02 Å². The first-order valence-corrected chi connectivity index (χ1v) is 6.64. The van der Waals surface area contributed by atoms with Crippen molar-refractivity contribution in [3.63, 3.8) is 0 Å². The van der Waals surface area contributed by atoms with Crippen LogP contribution < -0.4 is 15.2 Å². The van der Waals surface area contributed by atoms with Gasteiger partial charge in [-0.2, -0.15) is 0 Å². The van der Waals surface area contributed by atoms with E-state index in [0.717, 1.165) is 11.3 Å². The molecule has 1 aromatic carbocycles. The average molecular weight is 293 g/mol. The van der Waals surface area contributed by atoms with E-state index in [0.29, 0.717) is 10.8 Å². The standard InChI is InChI=1S/C15H17ClN2O2/c1-10(17)15(11-4-3-5-13(6-11)19-2)20-14-7-12(16)8-18-9-14/h3-10,15H,17H2,1-2H3. The summed E-state index contributed by atoms with van der Waals surface area (Å²) in [4.78, 5) is 4.00. The Labute approximate surface area is 123 Å². The fraction of sp³-hybridized carbons (Fsp3) is 0.267. The van der Waals surface area contributed by atoms with Crippen LogP contribution in [0.3, 0.4) is 0 Å². The Morgan fingerprint density at radius 3 is 2.65 bits per heavy atom. The number of aromatic nitrogens is 1. The van der Waals surface area contributed by atoms with Crippen LogP contribution in [0.15, 0.2) is 42.7 Å². The van der Waals surface area contributed by atoms with Gasteiger partial charge < -0.3 is 15.2 Å². The maximum Gasteiger partial charge on any atom is 0.140 e. The van der Waals surface area contributed by atoms with E-state index in [-0.39, 0.29) is 12.1 Å². The van der Waals surface area contributed by atoms with Gasteiger partial charge in [0.05, 0.1) is 18.3 Å². The molecule has 0 aliphatic rings. The summed E-state index contributed by atoms with van der Waals surface area (Å²) in [6.07, 6.45) is 2.87. The van der Waals surface area contributed by atoms with Crippen LogP contribution in [0, 0.1) is 0 Å². The van der Waals surface area contributed by atoms with Gasteiger partial charge in [-0.25, -0.2) is 0 Å². The van der Waals surface area contributed by atoms with Crippen LogP contribution in [-0.4, -0.2) is 18.1 Å². The van der Waals surface area contributed by atoms with E-state index >= 15 is 0 Å². The summed E-state index contributed by atoms with van der Waals surface area (Å²) in [5.41, 5.74) is 6.97. The number of benzene rings is 1. The molecule has 1 aromatic heterocycles. The Morgan fingerprint density at radius 1 is 1.20 bits per heavy atom. The maximum atomic E-state index is 6.03. The Kier molecular flexibility index (Phi) is 4.82. The first-order chi connectivity index (χ1) is 9.60. The van der Waals surface area contributed by atoms with E-state index in [1.54, 1.807) is 25.6 Å². The Bertz CT molecular complexity index is 575. The summed E-state index contributed by atoms with van der Waals surface area (Å²) in [5.74, 6) is 1.35. The molecule has 106 valence electrons. The molecule has 0 aliphatic heterocycles. The third kappa shape index (κ3) is 3.62. The summed E-state index contributed by atoms with van der Waals surface area (Å²) in [6.45, 7) is 1.89. The predicted molar refractivity (Wildman–Crippen MR) is 79.3 cm³/mol. The minimum Gasteiger partial charge on any atom is -0.497 e. The molecular weight excluding hydrogens is 276 g/mol. The SMILES string of the molecule is COc1cccc(C(Oc2cncc(Cl)c2)C(C)N)c1. The number of nitrogens with zero attached hydrogens (tertiary/aromatic N) is 1. The zero-order valence-electron chi connectivity index (χ0n) is 11.4. The number of rotatable bonds is 5. The number of nitrogens with two attached hydrogens (primary N) is 1. The zero-order chi connectivity index (χ0) is 14.5. The molecule has 20 heavy (non-hydrogen) atoms. The third-order valence-electron chi connectivity index (χ3n) is 2.84. The highest BCUT2D eigenvalue weighted by molar-refractivity contribution is 6.30. The third-order valence-corrected chi connectivity index (χ3v) is 3.05. The molecule has 0 aliphatic carbocycles. The topological polar surface area (TPSA) is 57.4 Å². The molecule has 0 saturated carbocycles. The van der Waals surface area contributed by atoms with Crippen molar-refractivity contribution in [1.82, 2.24) is 4.98 Å². The normalized spacial score (nSPS) is 13.6. The lowest BCUT2D eigenvalue weighted by atomic mass is 10.0. The Morgan fingerprint density at radius 2 is 2.00 bits per heavy atom. The van der Waals surface area contributed by atoms with Gasteiger partial charge >= 0.3 is 0 Å². The van der Waals surface area contributed by atoms with Crippen molar-refractivity contribution in [3.8, 4) is 11.5 Å². The fourth-order valence-electron chi connectivity index (χ4n) is 1.90. The van der Waals surface area contributed by atoms with Crippen LogP contribution in [0.4, 0.5) is 0 Å². The minimum absolute atomic E-state index is 0.193. The number of pyridine rings is 1. The second kappa shape index (κ2) is 6.59. The highest BCUT2D eigenvalue weighted by Gasteiger charge is 2.19. The largest absolute Gasteiger partial charge is 0.497 e. The van der Waals surface area contributed by atoms with Gasteiger partial charge in [0, 0.05) is 18.3 Å². The van der Waals surface area contributed by atoms with Crippen molar-refractivity contribution >= 4 is 11.6 Å². The second-order valence-electron chi connectivity index (χ2n) is 4.51. The van der Waals surface area contributed by atoms with Crippen molar-refractivity contribution in [2.24, 2.45) is 5.73 Å². The van der Waals surface area contributed by atoms with Crippen molar-refractivity contribution in [2.45, 2.75) is 19.1 Å². The summed E-state index contributed by atoms with van der Waals surface area (Å²) in [7, 11) is 1.63.